The van der Waals surface area contributed by atoms with Gasteiger partial charge in [-0.25, -0.2) is 9.37 Å². The molecule has 0 bridgehead atoms. The fourth-order valence-corrected chi connectivity index (χ4v) is 1.95. The summed E-state index contributed by atoms with van der Waals surface area (Å²) in [7, 11) is 3.62. The molecule has 1 aromatic heterocycles. The predicted molar refractivity (Wildman–Crippen MR) is 81.6 cm³/mol. The van der Waals surface area contributed by atoms with Gasteiger partial charge in [-0.05, 0) is 24.3 Å². The van der Waals surface area contributed by atoms with Gasteiger partial charge in [0.25, 0.3) is 0 Å². The van der Waals surface area contributed by atoms with Crippen LogP contribution in [0, 0.1) is 5.82 Å². The summed E-state index contributed by atoms with van der Waals surface area (Å²) >= 11 is 5.76. The number of pyridine rings is 1. The van der Waals surface area contributed by atoms with Gasteiger partial charge < -0.3 is 4.90 Å². The first kappa shape index (κ1) is 15.2. The molecule has 0 N–H and O–H groups in total. The van der Waals surface area contributed by atoms with Gasteiger partial charge in [-0.3, -0.25) is 4.79 Å². The number of aromatic nitrogens is 1. The Bertz CT molecular complexity index is 681. The van der Waals surface area contributed by atoms with E-state index in [0.717, 1.165) is 0 Å². The predicted octanol–water partition coefficient (Wildman–Crippen LogP) is 3.66. The third-order valence-electron chi connectivity index (χ3n) is 2.76. The van der Waals surface area contributed by atoms with E-state index in [1.54, 1.807) is 29.3 Å². The number of Topliss-reactive ketones (excluding diaryl/α,β-unsaturated/α-hetero) is 1. The van der Waals surface area contributed by atoms with Gasteiger partial charge in [-0.2, -0.15) is 0 Å². The quantitative estimate of drug-likeness (QED) is 0.491. The largest absolute Gasteiger partial charge is 0.383 e. The van der Waals surface area contributed by atoms with Crippen LogP contribution < -0.4 is 0 Å². The summed E-state index contributed by atoms with van der Waals surface area (Å²) in [6.07, 6.45) is 3.20. The number of allylic oxidation sites excluding steroid dienone is 1. The summed E-state index contributed by atoms with van der Waals surface area (Å²) in [5.74, 6) is -0.716. The minimum atomic E-state index is -0.445. The number of ketones is 1. The number of hydrogen-bond acceptors (Lipinski definition) is 3. The van der Waals surface area contributed by atoms with E-state index in [4.69, 9.17) is 11.6 Å². The molecule has 0 unspecified atom stereocenters. The Morgan fingerprint density at radius 3 is 2.57 bits per heavy atom. The molecular formula is C16H14ClFN2O. The molecule has 0 aliphatic heterocycles. The summed E-state index contributed by atoms with van der Waals surface area (Å²) in [6, 6.07) is 8.93. The maximum atomic E-state index is 13.3. The van der Waals surface area contributed by atoms with Gasteiger partial charge >= 0.3 is 0 Å². The van der Waals surface area contributed by atoms with Crippen molar-refractivity contribution in [3.05, 3.63) is 70.9 Å². The molecular weight excluding hydrogens is 291 g/mol. The average molecular weight is 305 g/mol. The van der Waals surface area contributed by atoms with Crippen molar-refractivity contribution in [3.63, 3.8) is 0 Å². The number of halogens is 2. The molecule has 1 aromatic carbocycles. The zero-order valence-corrected chi connectivity index (χ0v) is 12.4. The van der Waals surface area contributed by atoms with E-state index in [2.05, 4.69) is 4.98 Å². The van der Waals surface area contributed by atoms with Crippen molar-refractivity contribution in [3.8, 4) is 0 Å². The first-order valence-corrected chi connectivity index (χ1v) is 6.65. The van der Waals surface area contributed by atoms with E-state index >= 15 is 0 Å². The molecule has 0 saturated heterocycles. The molecule has 0 aliphatic rings. The number of hydrogen-bond donors (Lipinski definition) is 0. The standard InChI is InChI=1S/C16H14ClFN2O/c1-20(2)10-14(12-6-7-15(17)19-9-12)16(21)11-4-3-5-13(18)8-11/h3-10H,1-2H3/b14-10+. The number of carbonyl (C=O) groups is 1. The Kier molecular flexibility index (Phi) is 4.70. The smallest absolute Gasteiger partial charge is 0.195 e. The third kappa shape index (κ3) is 3.89. The molecule has 0 radical (unpaired) electrons. The lowest BCUT2D eigenvalue weighted by Crippen LogP contribution is -2.09. The number of carbonyl (C=O) groups excluding carboxylic acids is 1. The zero-order valence-electron chi connectivity index (χ0n) is 11.7. The monoisotopic (exact) mass is 304 g/mol. The van der Waals surface area contributed by atoms with Gasteiger partial charge in [-0.15, -0.1) is 0 Å². The van der Waals surface area contributed by atoms with Crippen LogP contribution in [0.5, 0.6) is 0 Å². The van der Waals surface area contributed by atoms with E-state index in [0.29, 0.717) is 16.3 Å². The molecule has 2 aromatic rings. The van der Waals surface area contributed by atoms with Crippen LogP contribution in [0.2, 0.25) is 5.15 Å². The third-order valence-corrected chi connectivity index (χ3v) is 2.98. The number of benzene rings is 1. The fourth-order valence-electron chi connectivity index (χ4n) is 1.84. The van der Waals surface area contributed by atoms with Crippen LogP contribution >= 0.6 is 11.6 Å². The van der Waals surface area contributed by atoms with E-state index in [-0.39, 0.29) is 11.3 Å². The Balaban J connectivity index is 2.46. The molecule has 3 nitrogen and oxygen atoms in total. The summed E-state index contributed by atoms with van der Waals surface area (Å²) in [4.78, 5) is 18.3. The van der Waals surface area contributed by atoms with Crippen molar-refractivity contribution in [1.82, 2.24) is 9.88 Å². The second-order valence-corrected chi connectivity index (χ2v) is 5.10. The van der Waals surface area contributed by atoms with E-state index < -0.39 is 5.82 Å². The average Bonchev–Trinajstić information content (AvgIpc) is 2.45. The molecule has 0 saturated carbocycles. The molecule has 108 valence electrons. The van der Waals surface area contributed by atoms with Gasteiger partial charge in [0.2, 0.25) is 0 Å². The van der Waals surface area contributed by atoms with Crippen molar-refractivity contribution >= 4 is 23.0 Å². The van der Waals surface area contributed by atoms with Gasteiger partial charge in [0, 0.05) is 43.2 Å². The van der Waals surface area contributed by atoms with Crippen LogP contribution in [-0.2, 0) is 0 Å². The highest BCUT2D eigenvalue weighted by atomic mass is 35.5. The van der Waals surface area contributed by atoms with E-state index in [1.807, 2.05) is 14.1 Å². The summed E-state index contributed by atoms with van der Waals surface area (Å²) in [6.45, 7) is 0. The molecule has 5 heteroatoms. The minimum Gasteiger partial charge on any atom is -0.383 e. The summed E-state index contributed by atoms with van der Waals surface area (Å²) < 4.78 is 13.3. The molecule has 0 fully saturated rings. The normalized spacial score (nSPS) is 11.3. The van der Waals surface area contributed by atoms with Gasteiger partial charge in [0.1, 0.15) is 11.0 Å². The van der Waals surface area contributed by atoms with E-state index in [9.17, 15) is 9.18 Å². The Labute approximate surface area is 127 Å². The highest BCUT2D eigenvalue weighted by Crippen LogP contribution is 2.21. The summed E-state index contributed by atoms with van der Waals surface area (Å²) in [5, 5.41) is 0.348. The van der Waals surface area contributed by atoms with Gasteiger partial charge in [-0.1, -0.05) is 23.7 Å². The van der Waals surface area contributed by atoms with Crippen LogP contribution in [0.1, 0.15) is 15.9 Å². The summed E-state index contributed by atoms with van der Waals surface area (Å²) in [5.41, 5.74) is 1.34. The van der Waals surface area contributed by atoms with E-state index in [1.165, 1.54) is 24.4 Å². The maximum Gasteiger partial charge on any atom is 0.195 e. The maximum absolute atomic E-state index is 13.3. The van der Waals surface area contributed by atoms with Crippen LogP contribution in [0.15, 0.2) is 48.8 Å². The van der Waals surface area contributed by atoms with Crippen molar-refractivity contribution in [1.29, 1.82) is 0 Å². The Morgan fingerprint density at radius 2 is 2.00 bits per heavy atom. The number of rotatable bonds is 4. The van der Waals surface area contributed by atoms with Crippen LogP contribution in [0.4, 0.5) is 4.39 Å². The fraction of sp³-hybridized carbons (Fsp3) is 0.125. The molecule has 2 rings (SSSR count). The van der Waals surface area contributed by atoms with Crippen LogP contribution in [0.25, 0.3) is 5.57 Å². The molecule has 0 aliphatic carbocycles. The molecule has 0 atom stereocenters. The first-order valence-electron chi connectivity index (χ1n) is 6.28. The van der Waals surface area contributed by atoms with Crippen molar-refractivity contribution in [2.45, 2.75) is 0 Å². The Hall–Kier alpha value is -2.20. The van der Waals surface area contributed by atoms with Crippen LogP contribution in [-0.4, -0.2) is 29.8 Å². The highest BCUT2D eigenvalue weighted by Gasteiger charge is 2.16. The van der Waals surface area contributed by atoms with Gasteiger partial charge in [0.05, 0.1) is 0 Å². The SMILES string of the molecule is CN(C)/C=C(/C(=O)c1cccc(F)c1)c1ccc(Cl)nc1. The second-order valence-electron chi connectivity index (χ2n) is 4.72. The lowest BCUT2D eigenvalue weighted by molar-refractivity contribution is 0.105. The number of nitrogens with zero attached hydrogens (tertiary/aromatic N) is 2. The molecule has 0 spiro atoms. The lowest BCUT2D eigenvalue weighted by Gasteiger charge is -2.12. The first-order chi connectivity index (χ1) is 9.97. The second kappa shape index (κ2) is 6.50. The minimum absolute atomic E-state index is 0.271. The highest BCUT2D eigenvalue weighted by molar-refractivity contribution is 6.30. The lowest BCUT2D eigenvalue weighted by atomic mass is 9.98. The van der Waals surface area contributed by atoms with Crippen molar-refractivity contribution in [2.24, 2.45) is 0 Å². The zero-order chi connectivity index (χ0) is 15.4. The van der Waals surface area contributed by atoms with Gasteiger partial charge in [0.15, 0.2) is 5.78 Å². The van der Waals surface area contributed by atoms with Crippen molar-refractivity contribution in [2.75, 3.05) is 14.1 Å². The molecule has 1 heterocycles. The molecule has 21 heavy (non-hydrogen) atoms. The van der Waals surface area contributed by atoms with Crippen molar-refractivity contribution < 1.29 is 9.18 Å². The Morgan fingerprint density at radius 1 is 1.24 bits per heavy atom. The topological polar surface area (TPSA) is 33.2 Å². The molecule has 0 amide bonds. The van der Waals surface area contributed by atoms with Crippen LogP contribution in [0.3, 0.4) is 0 Å².